The Morgan fingerprint density at radius 1 is 0.472 bits per heavy atom. The van der Waals surface area contributed by atoms with Crippen molar-refractivity contribution in [3.05, 3.63) is 107 Å². The first-order valence-electron chi connectivity index (χ1n) is 24.8. The second kappa shape index (κ2) is 24.2. The van der Waals surface area contributed by atoms with Crippen molar-refractivity contribution in [3.63, 3.8) is 0 Å². The Hall–Kier alpha value is -6.66. The van der Waals surface area contributed by atoms with Gasteiger partial charge in [-0.15, -0.1) is 0 Å². The van der Waals surface area contributed by atoms with Crippen LogP contribution in [0.25, 0.3) is 0 Å². The van der Waals surface area contributed by atoms with E-state index in [1.165, 1.54) is 43.9 Å². The Bertz CT molecular complexity index is 2240. The average molecular weight is 993 g/mol. The van der Waals surface area contributed by atoms with Crippen molar-refractivity contribution in [3.8, 4) is 0 Å². The predicted molar refractivity (Wildman–Crippen MR) is 275 cm³/mol. The molecule has 0 spiro atoms. The number of benzene rings is 3. The minimum Gasteiger partial charge on any atom is -0.348 e. The number of piperazine rings is 2. The van der Waals surface area contributed by atoms with Crippen LogP contribution in [0.5, 0.6) is 0 Å². The van der Waals surface area contributed by atoms with E-state index in [1.54, 1.807) is 27.9 Å². The Morgan fingerprint density at radius 3 is 1.08 bits per heavy atom. The lowest BCUT2D eigenvalue weighted by atomic mass is 9.85. The van der Waals surface area contributed by atoms with Crippen molar-refractivity contribution in [2.75, 3.05) is 53.4 Å². The number of hydrogen-bond donors (Lipinski definition) is 6. The number of carbonyl (C=O) groups is 8. The second-order valence-corrected chi connectivity index (χ2v) is 21.1. The maximum Gasteiger partial charge on any atom is 0.253 e. The molecule has 0 radical (unpaired) electrons. The summed E-state index contributed by atoms with van der Waals surface area (Å²) >= 11 is 0. The molecule has 2 saturated heterocycles. The number of likely N-dealkylation sites (N-methyl/N-ethyl adjacent to an activating group) is 2. The highest BCUT2D eigenvalue weighted by molar-refractivity contribution is 6.00. The van der Waals surface area contributed by atoms with Crippen LogP contribution in [0.4, 0.5) is 0 Å². The van der Waals surface area contributed by atoms with Crippen LogP contribution in [-0.4, -0.2) is 156 Å². The van der Waals surface area contributed by atoms with Crippen LogP contribution in [0.3, 0.4) is 0 Å². The second-order valence-electron chi connectivity index (χ2n) is 21.1. The van der Waals surface area contributed by atoms with Crippen molar-refractivity contribution in [2.45, 2.75) is 118 Å². The molecule has 2 fully saturated rings. The highest BCUT2D eigenvalue weighted by atomic mass is 16.2. The van der Waals surface area contributed by atoms with E-state index >= 15 is 0 Å². The molecular weight excluding hydrogens is 917 g/mol. The fourth-order valence-electron chi connectivity index (χ4n) is 8.73. The van der Waals surface area contributed by atoms with Gasteiger partial charge in [-0.25, -0.2) is 0 Å². The molecule has 8 amide bonds. The van der Waals surface area contributed by atoms with Gasteiger partial charge in [0.1, 0.15) is 24.2 Å². The van der Waals surface area contributed by atoms with E-state index in [9.17, 15) is 38.4 Å². The van der Waals surface area contributed by atoms with E-state index in [2.05, 4.69) is 31.9 Å². The lowest BCUT2D eigenvalue weighted by molar-refractivity contribution is -0.148. The molecule has 0 aromatic heterocycles. The largest absolute Gasteiger partial charge is 0.348 e. The van der Waals surface area contributed by atoms with Crippen LogP contribution in [0.15, 0.2) is 84.9 Å². The number of rotatable bonds is 16. The molecule has 18 heteroatoms. The van der Waals surface area contributed by atoms with Crippen molar-refractivity contribution in [1.82, 2.24) is 51.5 Å². The molecule has 3 aromatic rings. The highest BCUT2D eigenvalue weighted by Crippen LogP contribution is 2.27. The molecule has 2 heterocycles. The summed E-state index contributed by atoms with van der Waals surface area (Å²) in [5.41, 5.74) is 0.727. The zero-order valence-corrected chi connectivity index (χ0v) is 44.0. The maximum absolute atomic E-state index is 14.5. The Labute approximate surface area is 424 Å². The SMILES string of the molecule is CN[C@@H](C)C(=O)N[C@H](C(=O)N1CCN(C(=O)c2ccc(C(=O)N3CCN(C(=O)[C@@H](NC(=O)[C@H](C)NC)C(C)(C)C)[C@H](C(=O)N[C@H](C)c4ccccc4)C3)cc2)C[C@H]1C(=O)N[C@H](C)c1ccccc1)C(C)(C)C. The minimum atomic E-state index is -1.11. The summed E-state index contributed by atoms with van der Waals surface area (Å²) in [7, 11) is 3.29. The van der Waals surface area contributed by atoms with E-state index in [0.717, 1.165) is 11.1 Å². The van der Waals surface area contributed by atoms with Crippen LogP contribution in [0.2, 0.25) is 0 Å². The molecule has 0 unspecified atom stereocenters. The summed E-state index contributed by atoms with van der Waals surface area (Å²) in [6.07, 6.45) is 0. The molecule has 3 aromatic carbocycles. The third kappa shape index (κ3) is 13.8. The molecule has 390 valence electrons. The quantitative estimate of drug-likeness (QED) is 0.123. The maximum atomic E-state index is 14.5. The van der Waals surface area contributed by atoms with Gasteiger partial charge in [-0.3, -0.25) is 38.4 Å². The van der Waals surface area contributed by atoms with Gasteiger partial charge in [-0.2, -0.15) is 0 Å². The van der Waals surface area contributed by atoms with E-state index < -0.39 is 94.6 Å². The van der Waals surface area contributed by atoms with Gasteiger partial charge in [0.25, 0.3) is 11.8 Å². The van der Waals surface area contributed by atoms with E-state index in [0.29, 0.717) is 0 Å². The molecule has 8 atom stereocenters. The molecule has 2 aliphatic heterocycles. The van der Waals surface area contributed by atoms with Crippen molar-refractivity contribution < 1.29 is 38.4 Å². The lowest BCUT2D eigenvalue weighted by Gasteiger charge is -2.44. The highest BCUT2D eigenvalue weighted by Gasteiger charge is 2.46. The standard InChI is InChI=1S/C54H76N10O8/c1-33(37-19-15-13-16-20-37)57-47(67)41-31-61(27-29-63(41)51(71)43(53(5,6)7)59-45(65)35(3)55-11)49(69)39-23-25-40(26-24-39)50(70)62-28-30-64(52(72)44(54(8,9)10)60-46(66)36(4)56-12)42(32-62)48(68)58-34(2)38-21-17-14-18-22-38/h13-26,33-36,41-44,55-56H,27-32H2,1-12H3,(H,57,67)(H,58,68)(H,59,65)(H,60,66)/t33-,34-,35+,36+,41+,42+,43-,44-/m1/s1. The Balaban J connectivity index is 1.37. The number of nitrogens with one attached hydrogen (secondary N) is 6. The lowest BCUT2D eigenvalue weighted by Crippen LogP contribution is -2.66. The molecule has 72 heavy (non-hydrogen) atoms. The normalized spacial score (nSPS) is 18.9. The van der Waals surface area contributed by atoms with Crippen LogP contribution < -0.4 is 31.9 Å². The molecule has 0 saturated carbocycles. The monoisotopic (exact) mass is 993 g/mol. The predicted octanol–water partition coefficient (Wildman–Crippen LogP) is 3.03. The number of amides is 8. The molecule has 18 nitrogen and oxygen atoms in total. The topological polar surface area (TPSA) is 222 Å². The molecular formula is C54H76N10O8. The van der Waals surface area contributed by atoms with Crippen molar-refractivity contribution in [2.24, 2.45) is 10.8 Å². The van der Waals surface area contributed by atoms with Gasteiger partial charge in [0, 0.05) is 37.3 Å². The summed E-state index contributed by atoms with van der Waals surface area (Å²) < 4.78 is 0. The van der Waals surface area contributed by atoms with E-state index in [4.69, 9.17) is 0 Å². The summed E-state index contributed by atoms with van der Waals surface area (Å²) in [6.45, 7) is 18.0. The fraction of sp³-hybridized carbons (Fsp3) is 0.519. The van der Waals surface area contributed by atoms with Gasteiger partial charge in [0.05, 0.1) is 37.3 Å². The van der Waals surface area contributed by atoms with Gasteiger partial charge in [-0.05, 0) is 88.0 Å². The molecule has 6 N–H and O–H groups in total. The summed E-state index contributed by atoms with van der Waals surface area (Å²) in [4.78, 5) is 118. The third-order valence-electron chi connectivity index (χ3n) is 13.7. The first-order valence-corrected chi connectivity index (χ1v) is 24.8. The van der Waals surface area contributed by atoms with Crippen LogP contribution in [0, 0.1) is 10.8 Å². The first kappa shape index (κ1) is 56.3. The summed E-state index contributed by atoms with van der Waals surface area (Å²) in [6, 6.07) is 18.7. The zero-order valence-electron chi connectivity index (χ0n) is 44.0. The Kier molecular flexibility index (Phi) is 18.9. The zero-order chi connectivity index (χ0) is 53.2. The van der Waals surface area contributed by atoms with Crippen LogP contribution in [0.1, 0.15) is 113 Å². The summed E-state index contributed by atoms with van der Waals surface area (Å²) in [5, 5.41) is 17.6. The van der Waals surface area contributed by atoms with Crippen LogP contribution >= 0.6 is 0 Å². The van der Waals surface area contributed by atoms with Gasteiger partial charge in [0.15, 0.2) is 0 Å². The summed E-state index contributed by atoms with van der Waals surface area (Å²) in [5.74, 6) is -3.41. The number of nitrogens with zero attached hydrogens (tertiary/aromatic N) is 4. The van der Waals surface area contributed by atoms with Crippen molar-refractivity contribution >= 4 is 47.3 Å². The Morgan fingerprint density at radius 2 is 0.792 bits per heavy atom. The minimum absolute atomic E-state index is 0.00820. The van der Waals surface area contributed by atoms with Gasteiger partial charge in [0.2, 0.25) is 35.4 Å². The molecule has 2 aliphatic rings. The number of hydrogen-bond acceptors (Lipinski definition) is 10. The van der Waals surface area contributed by atoms with Gasteiger partial charge < -0.3 is 51.5 Å². The van der Waals surface area contributed by atoms with Gasteiger partial charge >= 0.3 is 0 Å². The fourth-order valence-corrected chi connectivity index (χ4v) is 8.73. The number of carbonyl (C=O) groups excluding carboxylic acids is 8. The first-order chi connectivity index (χ1) is 33.9. The third-order valence-corrected chi connectivity index (χ3v) is 13.7. The molecule has 5 rings (SSSR count). The average Bonchev–Trinajstić information content (AvgIpc) is 3.37. The molecule has 0 aliphatic carbocycles. The van der Waals surface area contributed by atoms with E-state index in [-0.39, 0.29) is 62.2 Å². The van der Waals surface area contributed by atoms with Gasteiger partial charge in [-0.1, -0.05) is 102 Å². The smallest absolute Gasteiger partial charge is 0.253 e. The van der Waals surface area contributed by atoms with Crippen molar-refractivity contribution in [1.29, 1.82) is 0 Å². The van der Waals surface area contributed by atoms with Crippen LogP contribution in [-0.2, 0) is 28.8 Å². The molecule has 0 bridgehead atoms. The van der Waals surface area contributed by atoms with E-state index in [1.807, 2.05) is 116 Å².